The van der Waals surface area contributed by atoms with Crippen LogP contribution in [0.3, 0.4) is 0 Å². The van der Waals surface area contributed by atoms with E-state index in [0.717, 1.165) is 19.8 Å². The summed E-state index contributed by atoms with van der Waals surface area (Å²) in [6.45, 7) is 9.55. The van der Waals surface area contributed by atoms with Gasteiger partial charge in [0.05, 0.1) is 12.7 Å². The number of rotatable bonds is 7. The molecule has 3 nitrogen and oxygen atoms in total. The van der Waals surface area contributed by atoms with Crippen LogP contribution in [0.1, 0.15) is 40.0 Å². The molecule has 0 spiro atoms. The van der Waals surface area contributed by atoms with Gasteiger partial charge in [-0.15, -0.1) is 0 Å². The largest absolute Gasteiger partial charge is 0.381 e. The third kappa shape index (κ3) is 4.57. The van der Waals surface area contributed by atoms with E-state index in [9.17, 15) is 0 Å². The van der Waals surface area contributed by atoms with Crippen molar-refractivity contribution in [2.45, 2.75) is 52.2 Å². The molecule has 1 aliphatic heterocycles. The van der Waals surface area contributed by atoms with E-state index in [-0.39, 0.29) is 6.10 Å². The SMILES string of the molecule is CCCNC(C1CCCOC1)C(OC)C(C)C. The zero-order valence-corrected chi connectivity index (χ0v) is 11.9. The molecule has 0 radical (unpaired) electrons. The molecule has 1 rings (SSSR count). The number of nitrogens with one attached hydrogen (secondary N) is 1. The molecule has 1 N–H and O–H groups in total. The fourth-order valence-corrected chi connectivity index (χ4v) is 2.74. The third-order valence-electron chi connectivity index (χ3n) is 3.62. The maximum atomic E-state index is 5.71. The van der Waals surface area contributed by atoms with Crippen LogP contribution in [0.4, 0.5) is 0 Å². The maximum Gasteiger partial charge on any atom is 0.0750 e. The van der Waals surface area contributed by atoms with Crippen molar-refractivity contribution in [2.75, 3.05) is 26.9 Å². The van der Waals surface area contributed by atoms with Crippen molar-refractivity contribution < 1.29 is 9.47 Å². The molecule has 0 amide bonds. The Morgan fingerprint density at radius 1 is 1.41 bits per heavy atom. The Morgan fingerprint density at radius 3 is 2.65 bits per heavy atom. The first-order valence-corrected chi connectivity index (χ1v) is 7.04. The van der Waals surface area contributed by atoms with Gasteiger partial charge in [0, 0.05) is 25.7 Å². The number of ether oxygens (including phenoxy) is 2. The molecule has 0 aromatic rings. The molecule has 3 unspecified atom stereocenters. The molecule has 3 heteroatoms. The Hall–Kier alpha value is -0.120. The fraction of sp³-hybridized carbons (Fsp3) is 1.00. The van der Waals surface area contributed by atoms with Crippen LogP contribution in [-0.4, -0.2) is 39.0 Å². The lowest BCUT2D eigenvalue weighted by molar-refractivity contribution is -0.0261. The summed E-state index contributed by atoms with van der Waals surface area (Å²) < 4.78 is 11.3. The van der Waals surface area contributed by atoms with Gasteiger partial charge in [0.25, 0.3) is 0 Å². The van der Waals surface area contributed by atoms with Crippen LogP contribution in [0.25, 0.3) is 0 Å². The van der Waals surface area contributed by atoms with Crippen molar-refractivity contribution in [1.29, 1.82) is 0 Å². The Bertz CT molecular complexity index is 191. The van der Waals surface area contributed by atoms with E-state index < -0.39 is 0 Å². The van der Waals surface area contributed by atoms with Gasteiger partial charge in [0.2, 0.25) is 0 Å². The van der Waals surface area contributed by atoms with E-state index in [0.29, 0.717) is 17.9 Å². The minimum atomic E-state index is 0.285. The lowest BCUT2D eigenvalue weighted by Gasteiger charge is -2.37. The Labute approximate surface area is 106 Å². The molecular weight excluding hydrogens is 214 g/mol. The van der Waals surface area contributed by atoms with Crippen LogP contribution in [-0.2, 0) is 9.47 Å². The first-order valence-electron chi connectivity index (χ1n) is 7.04. The molecule has 0 aromatic heterocycles. The summed E-state index contributed by atoms with van der Waals surface area (Å²) in [6, 6.07) is 0.431. The van der Waals surface area contributed by atoms with Crippen LogP contribution in [0.2, 0.25) is 0 Å². The topological polar surface area (TPSA) is 30.5 Å². The molecule has 0 bridgehead atoms. The Morgan fingerprint density at radius 2 is 2.18 bits per heavy atom. The highest BCUT2D eigenvalue weighted by atomic mass is 16.5. The fourth-order valence-electron chi connectivity index (χ4n) is 2.74. The second kappa shape index (κ2) is 8.06. The molecule has 102 valence electrons. The van der Waals surface area contributed by atoms with Gasteiger partial charge in [-0.2, -0.15) is 0 Å². The van der Waals surface area contributed by atoms with Crippen molar-refractivity contribution >= 4 is 0 Å². The van der Waals surface area contributed by atoms with Crippen LogP contribution >= 0.6 is 0 Å². The van der Waals surface area contributed by atoms with Crippen LogP contribution in [0, 0.1) is 11.8 Å². The van der Waals surface area contributed by atoms with Crippen LogP contribution < -0.4 is 5.32 Å². The highest BCUT2D eigenvalue weighted by Gasteiger charge is 2.32. The van der Waals surface area contributed by atoms with Gasteiger partial charge in [0.15, 0.2) is 0 Å². The maximum absolute atomic E-state index is 5.71. The zero-order chi connectivity index (χ0) is 12.7. The molecule has 0 aromatic carbocycles. The smallest absolute Gasteiger partial charge is 0.0750 e. The first kappa shape index (κ1) is 14.9. The van der Waals surface area contributed by atoms with E-state index in [1.165, 1.54) is 19.3 Å². The molecule has 17 heavy (non-hydrogen) atoms. The van der Waals surface area contributed by atoms with Crippen molar-refractivity contribution in [3.63, 3.8) is 0 Å². The predicted octanol–water partition coefficient (Wildman–Crippen LogP) is 2.45. The highest BCUT2D eigenvalue weighted by molar-refractivity contribution is 4.86. The van der Waals surface area contributed by atoms with Crippen LogP contribution in [0.5, 0.6) is 0 Å². The van der Waals surface area contributed by atoms with Crippen molar-refractivity contribution in [2.24, 2.45) is 11.8 Å². The summed E-state index contributed by atoms with van der Waals surface area (Å²) in [7, 11) is 1.83. The van der Waals surface area contributed by atoms with Crippen LogP contribution in [0.15, 0.2) is 0 Å². The van der Waals surface area contributed by atoms with Crippen molar-refractivity contribution in [3.8, 4) is 0 Å². The number of methoxy groups -OCH3 is 1. The highest BCUT2D eigenvalue weighted by Crippen LogP contribution is 2.24. The molecule has 0 aliphatic carbocycles. The Balaban J connectivity index is 2.62. The molecule has 1 fully saturated rings. The van der Waals surface area contributed by atoms with E-state index in [4.69, 9.17) is 9.47 Å². The van der Waals surface area contributed by atoms with Crippen molar-refractivity contribution in [3.05, 3.63) is 0 Å². The van der Waals surface area contributed by atoms with Gasteiger partial charge in [-0.25, -0.2) is 0 Å². The van der Waals surface area contributed by atoms with E-state index >= 15 is 0 Å². The molecule has 1 heterocycles. The first-order chi connectivity index (χ1) is 8.20. The lowest BCUT2D eigenvalue weighted by Crippen LogP contribution is -2.51. The van der Waals surface area contributed by atoms with Gasteiger partial charge in [0.1, 0.15) is 0 Å². The lowest BCUT2D eigenvalue weighted by atomic mass is 9.85. The van der Waals surface area contributed by atoms with E-state index in [2.05, 4.69) is 26.1 Å². The van der Waals surface area contributed by atoms with Gasteiger partial charge >= 0.3 is 0 Å². The summed E-state index contributed by atoms with van der Waals surface area (Å²) in [5, 5.41) is 3.67. The average Bonchev–Trinajstić information content (AvgIpc) is 2.35. The molecule has 1 saturated heterocycles. The monoisotopic (exact) mass is 243 g/mol. The van der Waals surface area contributed by atoms with Gasteiger partial charge in [-0.05, 0) is 31.7 Å². The predicted molar refractivity (Wildman–Crippen MR) is 71.3 cm³/mol. The zero-order valence-electron chi connectivity index (χ0n) is 11.9. The molecule has 3 atom stereocenters. The normalized spacial score (nSPS) is 24.9. The summed E-state index contributed by atoms with van der Waals surface area (Å²) >= 11 is 0. The van der Waals surface area contributed by atoms with E-state index in [1.807, 2.05) is 7.11 Å². The van der Waals surface area contributed by atoms with E-state index in [1.54, 1.807) is 0 Å². The average molecular weight is 243 g/mol. The summed E-state index contributed by atoms with van der Waals surface area (Å²) in [4.78, 5) is 0. The summed E-state index contributed by atoms with van der Waals surface area (Å²) in [5.41, 5.74) is 0. The minimum Gasteiger partial charge on any atom is -0.381 e. The quantitative estimate of drug-likeness (QED) is 0.745. The molecule has 0 saturated carbocycles. The van der Waals surface area contributed by atoms with Gasteiger partial charge in [-0.3, -0.25) is 0 Å². The number of hydrogen-bond acceptors (Lipinski definition) is 3. The third-order valence-corrected chi connectivity index (χ3v) is 3.62. The Kier molecular flexibility index (Phi) is 7.09. The molecule has 1 aliphatic rings. The number of hydrogen-bond donors (Lipinski definition) is 1. The summed E-state index contributed by atoms with van der Waals surface area (Å²) in [5.74, 6) is 1.14. The van der Waals surface area contributed by atoms with Crippen molar-refractivity contribution in [1.82, 2.24) is 5.32 Å². The summed E-state index contributed by atoms with van der Waals surface area (Å²) in [6.07, 6.45) is 3.89. The second-order valence-corrected chi connectivity index (χ2v) is 5.40. The second-order valence-electron chi connectivity index (χ2n) is 5.40. The van der Waals surface area contributed by atoms with Gasteiger partial charge < -0.3 is 14.8 Å². The standard InChI is InChI=1S/C14H29NO2/c1-5-8-15-13(14(16-4)11(2)3)12-7-6-9-17-10-12/h11-15H,5-10H2,1-4H3. The minimum absolute atomic E-state index is 0.285. The van der Waals surface area contributed by atoms with Gasteiger partial charge in [-0.1, -0.05) is 20.8 Å². The molecular formula is C14H29NO2.